The molecule has 3 heterocycles. The Morgan fingerprint density at radius 2 is 1.86 bits per heavy atom. The number of carbonyl (C=O) groups is 1. The molecule has 1 amide bonds. The van der Waals surface area contributed by atoms with Crippen molar-refractivity contribution in [1.82, 2.24) is 9.88 Å². The fraction of sp³-hybridized carbons (Fsp3) is 0.714. The summed E-state index contributed by atoms with van der Waals surface area (Å²) in [6, 6.07) is 4.06. The van der Waals surface area contributed by atoms with Crippen LogP contribution in [0.5, 0.6) is 0 Å². The molecule has 0 N–H and O–H groups in total. The molecule has 1 atom stereocenters. The summed E-state index contributed by atoms with van der Waals surface area (Å²) in [5.41, 5.74) is 0.677. The zero-order chi connectivity index (χ0) is 20.7. The first-order valence-corrected chi connectivity index (χ1v) is 10.2. The van der Waals surface area contributed by atoms with Crippen molar-refractivity contribution < 1.29 is 18.8 Å². The third kappa shape index (κ3) is 4.52. The van der Waals surface area contributed by atoms with Gasteiger partial charge in [-0.2, -0.15) is 0 Å². The van der Waals surface area contributed by atoms with Gasteiger partial charge in [0, 0.05) is 25.2 Å². The Hall–Kier alpha value is -1.60. The van der Waals surface area contributed by atoms with Crippen molar-refractivity contribution in [3.63, 3.8) is 0 Å². The third-order valence-electron chi connectivity index (χ3n) is 5.85. The molecule has 28 heavy (non-hydrogen) atoms. The van der Waals surface area contributed by atoms with E-state index in [1.54, 1.807) is 0 Å². The molecule has 154 valence electrons. The minimum atomic E-state index is -0.476. The van der Waals surface area contributed by atoms with Gasteiger partial charge in [-0.1, -0.05) is 6.07 Å². The number of likely N-dealkylation sites (tertiary alicyclic amines) is 1. The van der Waals surface area contributed by atoms with Crippen molar-refractivity contribution >= 4 is 18.8 Å². The Labute approximate surface area is 169 Å². The van der Waals surface area contributed by atoms with Crippen LogP contribution in [0, 0.1) is 0 Å². The summed E-state index contributed by atoms with van der Waals surface area (Å²) < 4.78 is 17.7. The molecule has 3 rings (SSSR count). The summed E-state index contributed by atoms with van der Waals surface area (Å²) in [5.74, 6) is 0.265. The van der Waals surface area contributed by atoms with Crippen molar-refractivity contribution in [2.45, 2.75) is 84.0 Å². The van der Waals surface area contributed by atoms with Crippen LogP contribution in [-0.4, -0.2) is 53.0 Å². The van der Waals surface area contributed by atoms with Crippen molar-refractivity contribution in [2.24, 2.45) is 0 Å². The van der Waals surface area contributed by atoms with Gasteiger partial charge in [0.2, 0.25) is 0 Å². The zero-order valence-electron chi connectivity index (χ0n) is 18.2. The molecule has 0 radical (unpaired) electrons. The second-order valence-corrected chi connectivity index (χ2v) is 9.87. The number of hydrogen-bond acceptors (Lipinski definition) is 5. The molecule has 1 aromatic rings. The van der Waals surface area contributed by atoms with Crippen molar-refractivity contribution in [2.75, 3.05) is 13.1 Å². The molecule has 6 nitrogen and oxygen atoms in total. The Morgan fingerprint density at radius 3 is 2.39 bits per heavy atom. The molecule has 0 bridgehead atoms. The van der Waals surface area contributed by atoms with Crippen molar-refractivity contribution in [3.8, 4) is 0 Å². The molecular weight excluding hydrogens is 355 g/mol. The largest absolute Gasteiger partial charge is 0.514 e. The molecule has 1 unspecified atom stereocenters. The summed E-state index contributed by atoms with van der Waals surface area (Å²) in [6.07, 6.45) is 3.66. The van der Waals surface area contributed by atoms with Crippen LogP contribution in [0.15, 0.2) is 18.3 Å². The molecule has 0 aromatic carbocycles. The van der Waals surface area contributed by atoms with Crippen molar-refractivity contribution in [1.29, 1.82) is 0 Å². The first-order valence-electron chi connectivity index (χ1n) is 10.2. The highest BCUT2D eigenvalue weighted by atomic mass is 16.7. The number of piperidine rings is 1. The summed E-state index contributed by atoms with van der Waals surface area (Å²) >= 11 is 0. The SMILES string of the molecule is CC(C)(C)OC(=O)N1CCCC(c2ccc(B3OC(C)(C)C(C)(C)O3)nc2)C1. The van der Waals surface area contributed by atoms with E-state index in [0.29, 0.717) is 6.54 Å². The monoisotopic (exact) mass is 388 g/mol. The lowest BCUT2D eigenvalue weighted by Gasteiger charge is -2.34. The Bertz CT molecular complexity index is 696. The number of amides is 1. The van der Waals surface area contributed by atoms with E-state index in [4.69, 9.17) is 14.0 Å². The molecule has 1 aromatic heterocycles. The predicted octanol–water partition coefficient (Wildman–Crippen LogP) is 3.50. The molecule has 0 spiro atoms. The average molecular weight is 388 g/mol. The van der Waals surface area contributed by atoms with E-state index >= 15 is 0 Å². The minimum Gasteiger partial charge on any atom is -0.444 e. The number of carbonyl (C=O) groups excluding carboxylic acids is 1. The number of nitrogens with zero attached hydrogens (tertiary/aromatic N) is 2. The first kappa shape index (κ1) is 21.1. The van der Waals surface area contributed by atoms with Crippen LogP contribution in [0.3, 0.4) is 0 Å². The summed E-state index contributed by atoms with van der Waals surface area (Å²) in [4.78, 5) is 18.8. The number of aromatic nitrogens is 1. The van der Waals surface area contributed by atoms with E-state index in [1.807, 2.05) is 65.6 Å². The van der Waals surface area contributed by atoms with Crippen LogP contribution >= 0.6 is 0 Å². The first-order chi connectivity index (χ1) is 12.9. The second kappa shape index (κ2) is 7.34. The minimum absolute atomic E-state index is 0.237. The Morgan fingerprint density at radius 1 is 1.21 bits per heavy atom. The Kier molecular flexibility index (Phi) is 5.54. The molecule has 0 aliphatic carbocycles. The lowest BCUT2D eigenvalue weighted by atomic mass is 9.83. The Balaban J connectivity index is 1.66. The standard InChI is InChI=1S/C21H33BN2O4/c1-19(2,3)26-18(25)24-12-8-9-16(14-24)15-10-11-17(23-13-15)22-27-20(4,5)21(6,7)28-22/h10-11,13,16H,8-9,12,14H2,1-7H3. The van der Waals surface area contributed by atoms with Gasteiger partial charge in [-0.05, 0) is 72.9 Å². The molecule has 0 saturated carbocycles. The summed E-state index contributed by atoms with van der Waals surface area (Å²) in [6.45, 7) is 15.2. The fourth-order valence-corrected chi connectivity index (χ4v) is 3.50. The van der Waals surface area contributed by atoms with Crippen LogP contribution in [0.1, 0.15) is 72.8 Å². The van der Waals surface area contributed by atoms with E-state index in [-0.39, 0.29) is 23.2 Å². The number of hydrogen-bond donors (Lipinski definition) is 0. The molecule has 2 aliphatic rings. The number of ether oxygens (including phenoxy) is 1. The quantitative estimate of drug-likeness (QED) is 0.726. The number of pyridine rings is 1. The highest BCUT2D eigenvalue weighted by molar-refractivity contribution is 6.61. The molecule has 7 heteroatoms. The third-order valence-corrected chi connectivity index (χ3v) is 5.85. The maximum Gasteiger partial charge on any atom is 0.514 e. The van der Waals surface area contributed by atoms with Crippen LogP contribution in [0.2, 0.25) is 0 Å². The highest BCUT2D eigenvalue weighted by Crippen LogP contribution is 2.36. The normalized spacial score (nSPS) is 24.3. The lowest BCUT2D eigenvalue weighted by molar-refractivity contribution is 0.00578. The van der Waals surface area contributed by atoms with Crippen LogP contribution in [0.4, 0.5) is 4.79 Å². The van der Waals surface area contributed by atoms with E-state index < -0.39 is 12.7 Å². The van der Waals surface area contributed by atoms with Gasteiger partial charge < -0.3 is 18.9 Å². The molecule has 2 saturated heterocycles. The molecule has 2 aliphatic heterocycles. The van der Waals surface area contributed by atoms with Gasteiger partial charge >= 0.3 is 13.2 Å². The van der Waals surface area contributed by atoms with Gasteiger partial charge in [-0.15, -0.1) is 0 Å². The maximum absolute atomic E-state index is 12.4. The van der Waals surface area contributed by atoms with Gasteiger partial charge in [0.05, 0.1) is 16.8 Å². The molecule has 2 fully saturated rings. The topological polar surface area (TPSA) is 60.9 Å². The smallest absolute Gasteiger partial charge is 0.444 e. The predicted molar refractivity (Wildman–Crippen MR) is 110 cm³/mol. The fourth-order valence-electron chi connectivity index (χ4n) is 3.50. The van der Waals surface area contributed by atoms with E-state index in [2.05, 4.69) is 11.1 Å². The van der Waals surface area contributed by atoms with Gasteiger partial charge in [0.1, 0.15) is 5.60 Å². The lowest BCUT2D eigenvalue weighted by Crippen LogP contribution is -2.42. The van der Waals surface area contributed by atoms with E-state index in [1.165, 1.54) is 0 Å². The zero-order valence-corrected chi connectivity index (χ0v) is 18.2. The van der Waals surface area contributed by atoms with Crippen LogP contribution in [0.25, 0.3) is 0 Å². The van der Waals surface area contributed by atoms with Gasteiger partial charge in [0.25, 0.3) is 0 Å². The highest BCUT2D eigenvalue weighted by Gasteiger charge is 2.52. The van der Waals surface area contributed by atoms with Gasteiger partial charge in [-0.25, -0.2) is 4.79 Å². The van der Waals surface area contributed by atoms with Gasteiger partial charge in [-0.3, -0.25) is 4.98 Å². The summed E-state index contributed by atoms with van der Waals surface area (Å²) in [7, 11) is -0.455. The van der Waals surface area contributed by atoms with Crippen LogP contribution in [-0.2, 0) is 14.0 Å². The molecular formula is C21H33BN2O4. The second-order valence-electron chi connectivity index (χ2n) is 9.87. The maximum atomic E-state index is 12.4. The average Bonchev–Trinajstić information content (AvgIpc) is 2.81. The summed E-state index contributed by atoms with van der Waals surface area (Å²) in [5, 5.41) is 0. The number of rotatable bonds is 2. The van der Waals surface area contributed by atoms with Crippen LogP contribution < -0.4 is 5.59 Å². The van der Waals surface area contributed by atoms with Gasteiger partial charge in [0.15, 0.2) is 0 Å². The van der Waals surface area contributed by atoms with E-state index in [0.717, 1.165) is 30.5 Å². The van der Waals surface area contributed by atoms with E-state index in [9.17, 15) is 4.79 Å². The van der Waals surface area contributed by atoms with Crippen molar-refractivity contribution in [3.05, 3.63) is 23.9 Å².